The number of methoxy groups -OCH3 is 2. The van der Waals surface area contributed by atoms with Gasteiger partial charge in [0.05, 0.1) is 32.1 Å². The minimum atomic E-state index is -0.744. The van der Waals surface area contributed by atoms with E-state index in [0.29, 0.717) is 5.69 Å². The summed E-state index contributed by atoms with van der Waals surface area (Å²) in [5.41, 5.74) is 2.11. The van der Waals surface area contributed by atoms with Crippen LogP contribution in [0.3, 0.4) is 0 Å². The third-order valence-corrected chi connectivity index (χ3v) is 4.31. The zero-order valence-electron chi connectivity index (χ0n) is 16.0. The standard InChI is InChI=1S/C19H20FN3O5/c1-11-7-12(2)23(21-11)16-6-5-13(8-15(16)20)22-10-28-9-14(18(24)26-3)17(22)19(25)27-4/h5-8H,9-10H2,1-4H3. The fourth-order valence-electron chi connectivity index (χ4n) is 3.06. The van der Waals surface area contributed by atoms with E-state index in [1.807, 2.05) is 19.9 Å². The number of anilines is 1. The van der Waals surface area contributed by atoms with Crippen LogP contribution in [0.15, 0.2) is 35.5 Å². The van der Waals surface area contributed by atoms with Gasteiger partial charge >= 0.3 is 11.9 Å². The Labute approximate surface area is 161 Å². The lowest BCUT2D eigenvalue weighted by molar-refractivity contribution is -0.140. The summed E-state index contributed by atoms with van der Waals surface area (Å²) in [6, 6.07) is 6.25. The molecule has 1 aromatic carbocycles. The monoisotopic (exact) mass is 389 g/mol. The first-order valence-corrected chi connectivity index (χ1v) is 8.45. The van der Waals surface area contributed by atoms with Crippen LogP contribution >= 0.6 is 0 Å². The van der Waals surface area contributed by atoms with Crippen LogP contribution in [0.25, 0.3) is 5.69 Å². The van der Waals surface area contributed by atoms with E-state index in [-0.39, 0.29) is 30.3 Å². The van der Waals surface area contributed by atoms with Crippen molar-refractivity contribution in [3.63, 3.8) is 0 Å². The second-order valence-corrected chi connectivity index (χ2v) is 6.19. The predicted octanol–water partition coefficient (Wildman–Crippen LogP) is 2.02. The summed E-state index contributed by atoms with van der Waals surface area (Å²) in [5.74, 6) is -2.00. The fraction of sp³-hybridized carbons (Fsp3) is 0.316. The minimum absolute atomic E-state index is 0.00336. The number of carbonyl (C=O) groups excluding carboxylic acids is 2. The van der Waals surface area contributed by atoms with E-state index in [1.54, 1.807) is 12.1 Å². The number of rotatable bonds is 4. The molecule has 0 saturated heterocycles. The Morgan fingerprint density at radius 2 is 1.86 bits per heavy atom. The van der Waals surface area contributed by atoms with Gasteiger partial charge in [0, 0.05) is 11.4 Å². The number of nitrogens with zero attached hydrogens (tertiary/aromatic N) is 3. The van der Waals surface area contributed by atoms with Gasteiger partial charge in [0.1, 0.15) is 18.1 Å². The molecule has 0 spiro atoms. The number of hydrogen-bond donors (Lipinski definition) is 0. The van der Waals surface area contributed by atoms with Crippen molar-refractivity contribution in [1.82, 2.24) is 9.78 Å². The number of halogens is 1. The fourth-order valence-corrected chi connectivity index (χ4v) is 3.06. The van der Waals surface area contributed by atoms with Crippen LogP contribution in [0, 0.1) is 19.7 Å². The molecule has 28 heavy (non-hydrogen) atoms. The molecule has 148 valence electrons. The van der Waals surface area contributed by atoms with Crippen molar-refractivity contribution in [1.29, 1.82) is 0 Å². The van der Waals surface area contributed by atoms with Crippen molar-refractivity contribution in [2.75, 3.05) is 32.5 Å². The molecule has 0 amide bonds. The smallest absolute Gasteiger partial charge is 0.355 e. The maximum atomic E-state index is 14.9. The Bertz CT molecular complexity index is 966. The van der Waals surface area contributed by atoms with Crippen LogP contribution in [0.5, 0.6) is 0 Å². The summed E-state index contributed by atoms with van der Waals surface area (Å²) in [6.07, 6.45) is 0. The van der Waals surface area contributed by atoms with Crippen LogP contribution in [0.1, 0.15) is 11.4 Å². The topological polar surface area (TPSA) is 82.9 Å². The molecule has 2 aromatic rings. The molecule has 2 heterocycles. The molecule has 0 N–H and O–H groups in total. The summed E-state index contributed by atoms with van der Waals surface area (Å²) in [7, 11) is 2.40. The molecule has 3 rings (SSSR count). The average molecular weight is 389 g/mol. The Balaban J connectivity index is 2.06. The largest absolute Gasteiger partial charge is 0.466 e. The third kappa shape index (κ3) is 3.48. The van der Waals surface area contributed by atoms with Crippen LogP contribution in [0.4, 0.5) is 10.1 Å². The number of esters is 2. The lowest BCUT2D eigenvalue weighted by Crippen LogP contribution is -2.38. The van der Waals surface area contributed by atoms with Crippen molar-refractivity contribution in [2.24, 2.45) is 0 Å². The first-order chi connectivity index (χ1) is 13.4. The summed E-state index contributed by atoms with van der Waals surface area (Å²) in [6.45, 7) is 3.48. The first kappa shape index (κ1) is 19.6. The second kappa shape index (κ2) is 7.81. The summed E-state index contributed by atoms with van der Waals surface area (Å²) in [4.78, 5) is 25.7. The van der Waals surface area contributed by atoms with E-state index >= 15 is 0 Å². The van der Waals surface area contributed by atoms with Crippen LogP contribution in [0.2, 0.25) is 0 Å². The minimum Gasteiger partial charge on any atom is -0.466 e. The highest BCUT2D eigenvalue weighted by molar-refractivity contribution is 6.03. The van der Waals surface area contributed by atoms with E-state index < -0.39 is 17.8 Å². The molecule has 0 bridgehead atoms. The molecule has 8 nitrogen and oxygen atoms in total. The quantitative estimate of drug-likeness (QED) is 0.740. The van der Waals surface area contributed by atoms with Crippen LogP contribution in [-0.4, -0.2) is 49.3 Å². The van der Waals surface area contributed by atoms with Gasteiger partial charge in [0.25, 0.3) is 0 Å². The maximum Gasteiger partial charge on any atom is 0.355 e. The van der Waals surface area contributed by atoms with Gasteiger partial charge in [-0.1, -0.05) is 0 Å². The van der Waals surface area contributed by atoms with E-state index in [1.165, 1.54) is 29.9 Å². The lowest BCUT2D eigenvalue weighted by atomic mass is 10.1. The predicted molar refractivity (Wildman–Crippen MR) is 97.4 cm³/mol. The van der Waals surface area contributed by atoms with Gasteiger partial charge in [0.2, 0.25) is 0 Å². The molecule has 0 radical (unpaired) electrons. The van der Waals surface area contributed by atoms with Crippen LogP contribution in [-0.2, 0) is 23.8 Å². The molecule has 0 unspecified atom stereocenters. The van der Waals surface area contributed by atoms with Gasteiger partial charge in [-0.25, -0.2) is 18.7 Å². The maximum absolute atomic E-state index is 14.9. The van der Waals surface area contributed by atoms with Gasteiger partial charge in [-0.05, 0) is 38.1 Å². The van der Waals surface area contributed by atoms with Gasteiger partial charge < -0.3 is 19.1 Å². The molecular formula is C19H20FN3O5. The normalized spacial score (nSPS) is 14.2. The van der Waals surface area contributed by atoms with Crippen LogP contribution < -0.4 is 4.90 Å². The highest BCUT2D eigenvalue weighted by Crippen LogP contribution is 2.29. The van der Waals surface area contributed by atoms with Gasteiger partial charge in [-0.3, -0.25) is 0 Å². The highest BCUT2D eigenvalue weighted by Gasteiger charge is 2.32. The highest BCUT2D eigenvalue weighted by atomic mass is 19.1. The zero-order valence-corrected chi connectivity index (χ0v) is 16.0. The Kier molecular flexibility index (Phi) is 5.46. The Morgan fingerprint density at radius 1 is 1.14 bits per heavy atom. The average Bonchev–Trinajstić information content (AvgIpc) is 3.03. The molecule has 0 atom stereocenters. The van der Waals surface area contributed by atoms with Gasteiger partial charge in [-0.2, -0.15) is 5.10 Å². The summed E-state index contributed by atoms with van der Waals surface area (Å²) in [5, 5.41) is 4.28. The van der Waals surface area contributed by atoms with Crippen molar-refractivity contribution in [3.05, 3.63) is 52.7 Å². The van der Waals surface area contributed by atoms with Crippen molar-refractivity contribution >= 4 is 17.6 Å². The van der Waals surface area contributed by atoms with Gasteiger partial charge in [-0.15, -0.1) is 0 Å². The molecular weight excluding hydrogens is 369 g/mol. The van der Waals surface area contributed by atoms with E-state index in [4.69, 9.17) is 14.2 Å². The van der Waals surface area contributed by atoms with Gasteiger partial charge in [0.15, 0.2) is 5.82 Å². The number of benzene rings is 1. The first-order valence-electron chi connectivity index (χ1n) is 8.45. The third-order valence-electron chi connectivity index (χ3n) is 4.31. The summed E-state index contributed by atoms with van der Waals surface area (Å²) >= 11 is 0. The van der Waals surface area contributed by atoms with Crippen molar-refractivity contribution in [2.45, 2.75) is 13.8 Å². The molecule has 0 fully saturated rings. The number of carbonyl (C=O) groups is 2. The number of ether oxygens (including phenoxy) is 3. The van der Waals surface area contributed by atoms with Crippen molar-refractivity contribution < 1.29 is 28.2 Å². The number of hydrogen-bond acceptors (Lipinski definition) is 7. The van der Waals surface area contributed by atoms with E-state index in [2.05, 4.69) is 5.10 Å². The summed E-state index contributed by atoms with van der Waals surface area (Å²) < 4.78 is 31.3. The molecule has 9 heteroatoms. The SMILES string of the molecule is COC(=O)C1=C(C(=O)OC)N(c2ccc(-n3nc(C)cc3C)c(F)c2)COC1. The molecule has 1 aromatic heterocycles. The lowest BCUT2D eigenvalue weighted by Gasteiger charge is -2.31. The van der Waals surface area contributed by atoms with E-state index in [0.717, 1.165) is 11.4 Å². The van der Waals surface area contributed by atoms with E-state index in [9.17, 15) is 14.0 Å². The van der Waals surface area contributed by atoms with Crippen molar-refractivity contribution in [3.8, 4) is 5.69 Å². The number of aromatic nitrogens is 2. The molecule has 0 aliphatic carbocycles. The number of aryl methyl sites for hydroxylation is 2. The molecule has 0 saturated carbocycles. The Morgan fingerprint density at radius 3 is 2.43 bits per heavy atom. The Hall–Kier alpha value is -3.20. The molecule has 1 aliphatic rings. The second-order valence-electron chi connectivity index (χ2n) is 6.19. The molecule has 1 aliphatic heterocycles. The zero-order chi connectivity index (χ0) is 20.4.